The number of carbonyl (C=O) groups is 2. The highest BCUT2D eigenvalue weighted by atomic mass is 19.1. The largest absolute Gasteiger partial charge is 0.450 e. The van der Waals surface area contributed by atoms with Crippen LogP contribution in [0, 0.1) is 26.0 Å². The molecular formula is C13H8FN3O8. The molecule has 0 unspecified atom stereocenters. The van der Waals surface area contributed by atoms with E-state index in [-0.39, 0.29) is 5.69 Å². The van der Waals surface area contributed by atoms with Crippen LogP contribution < -0.4 is 5.32 Å². The van der Waals surface area contributed by atoms with Crippen molar-refractivity contribution in [1.29, 1.82) is 0 Å². The number of hydrogen-bond donors (Lipinski definition) is 1. The Kier molecular flexibility index (Phi) is 5.02. The summed E-state index contributed by atoms with van der Waals surface area (Å²) in [6.07, 6.45) is 0. The number of rotatable bonds is 6. The quantitative estimate of drug-likeness (QED) is 0.470. The molecule has 1 aromatic carbocycles. The predicted molar refractivity (Wildman–Crippen MR) is 77.3 cm³/mol. The number of anilines is 1. The van der Waals surface area contributed by atoms with Crippen LogP contribution in [0.4, 0.5) is 21.6 Å². The number of benzene rings is 1. The van der Waals surface area contributed by atoms with Gasteiger partial charge in [-0.05, 0) is 18.2 Å². The molecule has 11 nitrogen and oxygen atoms in total. The molecule has 0 fully saturated rings. The smallest absolute Gasteiger partial charge is 0.433 e. The zero-order valence-electron chi connectivity index (χ0n) is 12.1. The first-order chi connectivity index (χ1) is 11.8. The van der Waals surface area contributed by atoms with Gasteiger partial charge in [0.05, 0.1) is 17.1 Å². The van der Waals surface area contributed by atoms with E-state index in [1.165, 1.54) is 0 Å². The molecule has 0 saturated carbocycles. The molecule has 0 spiro atoms. The molecule has 1 amide bonds. The van der Waals surface area contributed by atoms with Crippen molar-refractivity contribution < 1.29 is 33.0 Å². The first kappa shape index (κ1) is 17.5. The van der Waals surface area contributed by atoms with E-state index in [4.69, 9.17) is 0 Å². The van der Waals surface area contributed by atoms with E-state index in [0.717, 1.165) is 24.3 Å². The first-order valence-electron chi connectivity index (χ1n) is 6.43. The highest BCUT2D eigenvalue weighted by molar-refractivity contribution is 5.96. The molecule has 1 aromatic heterocycles. The number of nitrogens with zero attached hydrogens (tertiary/aromatic N) is 2. The lowest BCUT2D eigenvalue weighted by atomic mass is 10.2. The van der Waals surface area contributed by atoms with Gasteiger partial charge in [-0.2, -0.15) is 0 Å². The summed E-state index contributed by atoms with van der Waals surface area (Å²) < 4.78 is 22.2. The van der Waals surface area contributed by atoms with Crippen LogP contribution in [0.25, 0.3) is 0 Å². The second-order valence-electron chi connectivity index (χ2n) is 4.44. The third-order valence-corrected chi connectivity index (χ3v) is 2.74. The third-order valence-electron chi connectivity index (χ3n) is 2.74. The van der Waals surface area contributed by atoms with Crippen LogP contribution in [-0.4, -0.2) is 28.3 Å². The van der Waals surface area contributed by atoms with Crippen LogP contribution in [0.1, 0.15) is 10.6 Å². The van der Waals surface area contributed by atoms with Gasteiger partial charge in [0, 0.05) is 0 Å². The minimum absolute atomic E-state index is 0.291. The summed E-state index contributed by atoms with van der Waals surface area (Å²) in [5.74, 6) is -4.12. The molecule has 0 saturated heterocycles. The van der Waals surface area contributed by atoms with E-state index in [1.807, 2.05) is 0 Å². The molecule has 0 bridgehead atoms. The number of nitro groups is 2. The molecule has 0 atom stereocenters. The number of hydrogen-bond acceptors (Lipinski definition) is 8. The fourth-order valence-electron chi connectivity index (χ4n) is 1.69. The predicted octanol–water partition coefficient (Wildman–Crippen LogP) is 2.03. The minimum Gasteiger partial charge on any atom is -0.450 e. The lowest BCUT2D eigenvalue weighted by Crippen LogP contribution is -2.21. The summed E-state index contributed by atoms with van der Waals surface area (Å²) in [7, 11) is 0. The van der Waals surface area contributed by atoms with Crippen molar-refractivity contribution in [1.82, 2.24) is 0 Å². The highest BCUT2D eigenvalue weighted by Crippen LogP contribution is 2.24. The van der Waals surface area contributed by atoms with Crippen molar-refractivity contribution >= 4 is 29.1 Å². The van der Waals surface area contributed by atoms with E-state index in [1.54, 1.807) is 0 Å². The monoisotopic (exact) mass is 353 g/mol. The van der Waals surface area contributed by atoms with Gasteiger partial charge in [-0.25, -0.2) is 9.18 Å². The molecule has 1 N–H and O–H groups in total. The van der Waals surface area contributed by atoms with Crippen LogP contribution in [0.5, 0.6) is 0 Å². The molecule has 0 aliphatic rings. The Morgan fingerprint density at radius 2 is 1.88 bits per heavy atom. The van der Waals surface area contributed by atoms with Crippen LogP contribution in [0.2, 0.25) is 0 Å². The molecule has 0 radical (unpaired) electrons. The van der Waals surface area contributed by atoms with E-state index < -0.39 is 51.5 Å². The van der Waals surface area contributed by atoms with Gasteiger partial charge in [0.15, 0.2) is 6.61 Å². The van der Waals surface area contributed by atoms with Crippen molar-refractivity contribution in [2.24, 2.45) is 0 Å². The molecule has 1 heterocycles. The number of esters is 1. The first-order valence-corrected chi connectivity index (χ1v) is 6.43. The second-order valence-corrected chi connectivity index (χ2v) is 4.44. The number of halogens is 1. The molecule has 25 heavy (non-hydrogen) atoms. The maximum Gasteiger partial charge on any atom is 0.433 e. The molecule has 130 valence electrons. The lowest BCUT2D eigenvalue weighted by molar-refractivity contribution is -0.402. The normalized spacial score (nSPS) is 10.1. The van der Waals surface area contributed by atoms with Gasteiger partial charge in [-0.3, -0.25) is 25.0 Å². The van der Waals surface area contributed by atoms with Gasteiger partial charge < -0.3 is 14.5 Å². The molecule has 0 aliphatic carbocycles. The standard InChI is InChI=1S/C13H8FN3O8/c14-7-1-2-8(9(5-7)16(20)21)15-11(18)6-24-13(19)10-3-4-12(25-10)17(22)23/h1-5H,6H2,(H,15,18). The van der Waals surface area contributed by atoms with Gasteiger partial charge in [0.25, 0.3) is 11.6 Å². The number of ether oxygens (including phenoxy) is 1. The number of nitrogens with one attached hydrogen (secondary N) is 1. The number of carbonyl (C=O) groups excluding carboxylic acids is 2. The van der Waals surface area contributed by atoms with Crippen LogP contribution in [-0.2, 0) is 9.53 Å². The molecule has 12 heteroatoms. The average Bonchev–Trinajstić information content (AvgIpc) is 3.04. The van der Waals surface area contributed by atoms with Crippen molar-refractivity contribution in [3.63, 3.8) is 0 Å². The number of furan rings is 1. The number of nitro benzene ring substituents is 1. The van der Waals surface area contributed by atoms with Crippen LogP contribution >= 0.6 is 0 Å². The Balaban J connectivity index is 1.98. The summed E-state index contributed by atoms with van der Waals surface area (Å²) in [6.45, 7) is -0.845. The zero-order chi connectivity index (χ0) is 18.6. The fourth-order valence-corrected chi connectivity index (χ4v) is 1.69. The van der Waals surface area contributed by atoms with Crippen molar-refractivity contribution in [2.75, 3.05) is 11.9 Å². The van der Waals surface area contributed by atoms with E-state index >= 15 is 0 Å². The Hall–Kier alpha value is -3.83. The second kappa shape index (κ2) is 7.16. The fraction of sp³-hybridized carbons (Fsp3) is 0.0769. The summed E-state index contributed by atoms with van der Waals surface area (Å²) >= 11 is 0. The minimum atomic E-state index is -1.14. The third kappa shape index (κ3) is 4.34. The van der Waals surface area contributed by atoms with Crippen molar-refractivity contribution in [3.8, 4) is 0 Å². The lowest BCUT2D eigenvalue weighted by Gasteiger charge is -2.06. The van der Waals surface area contributed by atoms with Gasteiger partial charge >= 0.3 is 11.9 Å². The Morgan fingerprint density at radius 1 is 1.16 bits per heavy atom. The SMILES string of the molecule is O=C(COC(=O)c1ccc([N+](=O)[O-])o1)Nc1ccc(F)cc1[N+](=O)[O-]. The average molecular weight is 353 g/mol. The van der Waals surface area contributed by atoms with Gasteiger partial charge in [-0.15, -0.1) is 0 Å². The summed E-state index contributed by atoms with van der Waals surface area (Å²) in [6, 6.07) is 4.41. The molecule has 2 rings (SSSR count). The summed E-state index contributed by atoms with van der Waals surface area (Å²) in [5.41, 5.74) is -0.970. The van der Waals surface area contributed by atoms with E-state index in [0.29, 0.717) is 6.07 Å². The Labute approximate surface area is 137 Å². The maximum atomic E-state index is 13.0. The molecule has 2 aromatic rings. The number of amides is 1. The highest BCUT2D eigenvalue weighted by Gasteiger charge is 2.21. The van der Waals surface area contributed by atoms with E-state index in [9.17, 15) is 34.2 Å². The van der Waals surface area contributed by atoms with Crippen molar-refractivity contribution in [2.45, 2.75) is 0 Å². The Bertz CT molecular complexity index is 863. The maximum absolute atomic E-state index is 13.0. The van der Waals surface area contributed by atoms with Crippen LogP contribution in [0.3, 0.4) is 0 Å². The molecular weight excluding hydrogens is 345 g/mol. The summed E-state index contributed by atoms with van der Waals surface area (Å²) in [5, 5.41) is 23.3. The zero-order valence-corrected chi connectivity index (χ0v) is 12.1. The van der Waals surface area contributed by atoms with Crippen molar-refractivity contribution in [3.05, 3.63) is 62.1 Å². The van der Waals surface area contributed by atoms with E-state index in [2.05, 4.69) is 14.5 Å². The molecule has 0 aliphatic heterocycles. The van der Waals surface area contributed by atoms with Gasteiger partial charge in [0.2, 0.25) is 5.76 Å². The van der Waals surface area contributed by atoms with Gasteiger partial charge in [-0.1, -0.05) is 0 Å². The summed E-state index contributed by atoms with van der Waals surface area (Å²) in [4.78, 5) is 42.7. The van der Waals surface area contributed by atoms with Crippen LogP contribution in [0.15, 0.2) is 34.7 Å². The van der Waals surface area contributed by atoms with Gasteiger partial charge in [0.1, 0.15) is 16.4 Å². The Morgan fingerprint density at radius 3 is 2.48 bits per heavy atom. The topological polar surface area (TPSA) is 155 Å².